The lowest BCUT2D eigenvalue weighted by Crippen LogP contribution is -2.57. The van der Waals surface area contributed by atoms with Gasteiger partial charge < -0.3 is 10.6 Å². The van der Waals surface area contributed by atoms with Crippen LogP contribution in [0.4, 0.5) is 0 Å². The van der Waals surface area contributed by atoms with Crippen LogP contribution in [0.25, 0.3) is 0 Å². The molecule has 1 heterocycles. The molecule has 2 unspecified atom stereocenters. The molecule has 17 heavy (non-hydrogen) atoms. The molecular formula is C13H28N4. The normalized spacial score (nSPS) is 31.8. The highest BCUT2D eigenvalue weighted by Gasteiger charge is 2.35. The summed E-state index contributed by atoms with van der Waals surface area (Å²) in [5.74, 6) is 0.781. The van der Waals surface area contributed by atoms with Crippen molar-refractivity contribution in [3.8, 4) is 0 Å². The van der Waals surface area contributed by atoms with Gasteiger partial charge in [-0.2, -0.15) is 0 Å². The van der Waals surface area contributed by atoms with Crippen LogP contribution in [0.15, 0.2) is 0 Å². The fourth-order valence-electron chi connectivity index (χ4n) is 2.97. The maximum atomic E-state index is 5.80. The minimum atomic E-state index is 0.781. The van der Waals surface area contributed by atoms with E-state index < -0.39 is 0 Å². The van der Waals surface area contributed by atoms with Crippen molar-refractivity contribution < 1.29 is 0 Å². The van der Waals surface area contributed by atoms with Crippen molar-refractivity contribution in [1.29, 1.82) is 0 Å². The Labute approximate surface area is 106 Å². The van der Waals surface area contributed by atoms with E-state index in [1.807, 2.05) is 0 Å². The van der Waals surface area contributed by atoms with E-state index in [2.05, 4.69) is 28.8 Å². The van der Waals surface area contributed by atoms with E-state index in [0.29, 0.717) is 0 Å². The third-order valence-corrected chi connectivity index (χ3v) is 4.42. The minimum absolute atomic E-state index is 0.781. The van der Waals surface area contributed by atoms with E-state index in [4.69, 9.17) is 5.73 Å². The molecule has 2 atom stereocenters. The topological polar surface area (TPSA) is 35.7 Å². The first-order valence-corrected chi connectivity index (χ1v) is 7.02. The largest absolute Gasteiger partial charge is 0.330 e. The molecule has 100 valence electrons. The predicted molar refractivity (Wildman–Crippen MR) is 72.1 cm³/mol. The van der Waals surface area contributed by atoms with Crippen LogP contribution >= 0.6 is 0 Å². The quantitative estimate of drug-likeness (QED) is 0.728. The van der Waals surface area contributed by atoms with Crippen LogP contribution in [0, 0.1) is 5.92 Å². The third-order valence-electron chi connectivity index (χ3n) is 4.42. The van der Waals surface area contributed by atoms with Gasteiger partial charge in [0.05, 0.1) is 0 Å². The standard InChI is InChI=1S/C13H28N4/c1-15(2)5-6-16-7-9-17(10-8-16)13-4-3-12(13)11-14/h12-13H,3-11,14H2,1-2H3. The Morgan fingerprint density at radius 3 is 2.29 bits per heavy atom. The number of hydrogen-bond donors (Lipinski definition) is 1. The van der Waals surface area contributed by atoms with Gasteiger partial charge in [0.2, 0.25) is 0 Å². The number of nitrogens with two attached hydrogens (primary N) is 1. The molecule has 0 spiro atoms. The first-order valence-electron chi connectivity index (χ1n) is 7.02. The van der Waals surface area contributed by atoms with Crippen LogP contribution in [0.1, 0.15) is 12.8 Å². The van der Waals surface area contributed by atoms with E-state index >= 15 is 0 Å². The van der Waals surface area contributed by atoms with Gasteiger partial charge in [0, 0.05) is 45.3 Å². The molecule has 2 N–H and O–H groups in total. The van der Waals surface area contributed by atoms with Gasteiger partial charge in [-0.1, -0.05) is 0 Å². The first kappa shape index (κ1) is 13.3. The second-order valence-corrected chi connectivity index (χ2v) is 5.82. The summed E-state index contributed by atoms with van der Waals surface area (Å²) in [4.78, 5) is 7.53. The van der Waals surface area contributed by atoms with E-state index in [-0.39, 0.29) is 0 Å². The van der Waals surface area contributed by atoms with E-state index in [1.54, 1.807) is 0 Å². The highest BCUT2D eigenvalue weighted by atomic mass is 15.3. The van der Waals surface area contributed by atoms with Crippen molar-refractivity contribution in [2.75, 3.05) is 59.9 Å². The lowest BCUT2D eigenvalue weighted by atomic mass is 9.78. The van der Waals surface area contributed by atoms with Gasteiger partial charge in [-0.3, -0.25) is 9.80 Å². The molecule has 0 radical (unpaired) electrons. The molecule has 1 saturated carbocycles. The average Bonchev–Trinajstić information content (AvgIpc) is 2.27. The summed E-state index contributed by atoms with van der Waals surface area (Å²) in [6.45, 7) is 8.23. The SMILES string of the molecule is CN(C)CCN1CCN(C2CCC2CN)CC1. The summed E-state index contributed by atoms with van der Waals surface area (Å²) < 4.78 is 0. The summed E-state index contributed by atoms with van der Waals surface area (Å²) in [6, 6.07) is 0.802. The van der Waals surface area contributed by atoms with Gasteiger partial charge in [0.25, 0.3) is 0 Å². The van der Waals surface area contributed by atoms with Crippen LogP contribution in [0.5, 0.6) is 0 Å². The fraction of sp³-hybridized carbons (Fsp3) is 1.00. The van der Waals surface area contributed by atoms with Crippen molar-refractivity contribution in [1.82, 2.24) is 14.7 Å². The molecule has 1 aliphatic carbocycles. The van der Waals surface area contributed by atoms with Crippen LogP contribution in [0.3, 0.4) is 0 Å². The van der Waals surface area contributed by atoms with Gasteiger partial charge in [0.15, 0.2) is 0 Å². The monoisotopic (exact) mass is 240 g/mol. The van der Waals surface area contributed by atoms with E-state index in [9.17, 15) is 0 Å². The first-order chi connectivity index (χ1) is 8.20. The van der Waals surface area contributed by atoms with E-state index in [0.717, 1.165) is 18.5 Å². The molecular weight excluding hydrogens is 212 g/mol. The molecule has 2 rings (SSSR count). The van der Waals surface area contributed by atoms with Gasteiger partial charge in [-0.25, -0.2) is 0 Å². The summed E-state index contributed by atoms with van der Waals surface area (Å²) in [5, 5.41) is 0. The lowest BCUT2D eigenvalue weighted by molar-refractivity contribution is 0.0228. The highest BCUT2D eigenvalue weighted by Crippen LogP contribution is 2.31. The Bertz CT molecular complexity index is 221. The number of rotatable bonds is 5. The zero-order valence-corrected chi connectivity index (χ0v) is 11.4. The van der Waals surface area contributed by atoms with Crippen molar-refractivity contribution >= 4 is 0 Å². The Morgan fingerprint density at radius 2 is 1.82 bits per heavy atom. The number of piperazine rings is 1. The second kappa shape index (κ2) is 6.14. The van der Waals surface area contributed by atoms with Crippen molar-refractivity contribution in [2.45, 2.75) is 18.9 Å². The Balaban J connectivity index is 1.67. The lowest BCUT2D eigenvalue weighted by Gasteiger charge is -2.47. The zero-order valence-electron chi connectivity index (χ0n) is 11.4. The molecule has 0 aromatic rings. The Kier molecular flexibility index (Phi) is 4.79. The maximum Gasteiger partial charge on any atom is 0.0137 e. The molecule has 2 aliphatic rings. The molecule has 0 bridgehead atoms. The zero-order chi connectivity index (χ0) is 12.3. The van der Waals surface area contributed by atoms with Gasteiger partial charge in [0.1, 0.15) is 0 Å². The van der Waals surface area contributed by atoms with Crippen LogP contribution < -0.4 is 5.73 Å². The summed E-state index contributed by atoms with van der Waals surface area (Å²) in [5.41, 5.74) is 5.80. The van der Waals surface area contributed by atoms with Gasteiger partial charge >= 0.3 is 0 Å². The molecule has 1 aliphatic heterocycles. The van der Waals surface area contributed by atoms with Crippen LogP contribution in [0.2, 0.25) is 0 Å². The Hall–Kier alpha value is -0.160. The third kappa shape index (κ3) is 3.41. The Morgan fingerprint density at radius 1 is 1.12 bits per heavy atom. The van der Waals surface area contributed by atoms with Crippen molar-refractivity contribution in [2.24, 2.45) is 11.7 Å². The van der Waals surface area contributed by atoms with Gasteiger partial charge in [-0.05, 0) is 39.4 Å². The summed E-state index contributed by atoms with van der Waals surface area (Å²) in [6.07, 6.45) is 2.72. The molecule has 2 fully saturated rings. The fourth-order valence-corrected chi connectivity index (χ4v) is 2.97. The molecule has 1 saturated heterocycles. The smallest absolute Gasteiger partial charge is 0.0137 e. The molecule has 4 heteroatoms. The van der Waals surface area contributed by atoms with E-state index in [1.165, 1.54) is 52.1 Å². The number of nitrogens with zero attached hydrogens (tertiary/aromatic N) is 3. The summed E-state index contributed by atoms with van der Waals surface area (Å²) in [7, 11) is 4.30. The number of hydrogen-bond acceptors (Lipinski definition) is 4. The predicted octanol–water partition coefficient (Wildman–Crippen LogP) is -0.0971. The maximum absolute atomic E-state index is 5.80. The van der Waals surface area contributed by atoms with Crippen molar-refractivity contribution in [3.63, 3.8) is 0 Å². The molecule has 0 amide bonds. The molecule has 0 aromatic carbocycles. The second-order valence-electron chi connectivity index (χ2n) is 5.82. The van der Waals surface area contributed by atoms with Gasteiger partial charge in [-0.15, -0.1) is 0 Å². The molecule has 0 aromatic heterocycles. The molecule has 4 nitrogen and oxygen atoms in total. The summed E-state index contributed by atoms with van der Waals surface area (Å²) >= 11 is 0. The average molecular weight is 240 g/mol. The number of likely N-dealkylation sites (N-methyl/N-ethyl adjacent to an activating group) is 1. The van der Waals surface area contributed by atoms with Crippen molar-refractivity contribution in [3.05, 3.63) is 0 Å². The minimum Gasteiger partial charge on any atom is -0.330 e. The highest BCUT2D eigenvalue weighted by molar-refractivity contribution is 4.91. The van der Waals surface area contributed by atoms with Crippen LogP contribution in [-0.4, -0.2) is 80.7 Å². The van der Waals surface area contributed by atoms with Crippen LogP contribution in [-0.2, 0) is 0 Å².